The minimum Gasteiger partial charge on any atom is -0.320 e. The molecule has 3 aromatic rings. The van der Waals surface area contributed by atoms with Crippen LogP contribution in [0.1, 0.15) is 21.6 Å². The number of H-pyrrole nitrogens is 1. The molecule has 0 atom stereocenters. The Labute approximate surface area is 143 Å². The van der Waals surface area contributed by atoms with Gasteiger partial charge in [-0.15, -0.1) is 0 Å². The van der Waals surface area contributed by atoms with E-state index in [4.69, 9.17) is 0 Å². The fourth-order valence-electron chi connectivity index (χ4n) is 2.35. The second-order valence-corrected chi connectivity index (χ2v) is 6.36. The summed E-state index contributed by atoms with van der Waals surface area (Å²) in [5, 5.41) is 9.92. The summed E-state index contributed by atoms with van der Waals surface area (Å²) < 4.78 is 1.00. The van der Waals surface area contributed by atoms with E-state index in [0.29, 0.717) is 5.69 Å². The number of amides is 1. The highest BCUT2D eigenvalue weighted by Crippen LogP contribution is 2.21. The standard InChI is InChI=1S/C18H16BrN3O/c1-11-3-8-15(12(2)9-11)20-18(23)17-10-16(21-22-17)13-4-6-14(19)7-5-13/h3-10H,1-2H3,(H,20,23)(H,21,22). The minimum atomic E-state index is -0.201. The first-order valence-electron chi connectivity index (χ1n) is 7.23. The summed E-state index contributed by atoms with van der Waals surface area (Å²) in [4.78, 5) is 12.4. The summed E-state index contributed by atoms with van der Waals surface area (Å²) >= 11 is 3.40. The maximum Gasteiger partial charge on any atom is 0.273 e. The molecule has 1 aromatic heterocycles. The Balaban J connectivity index is 1.79. The van der Waals surface area contributed by atoms with Gasteiger partial charge in [0.05, 0.1) is 5.69 Å². The quantitative estimate of drug-likeness (QED) is 0.702. The monoisotopic (exact) mass is 369 g/mol. The molecule has 116 valence electrons. The molecule has 4 nitrogen and oxygen atoms in total. The lowest BCUT2D eigenvalue weighted by atomic mass is 10.1. The molecule has 1 heterocycles. The van der Waals surface area contributed by atoms with E-state index in [9.17, 15) is 4.79 Å². The summed E-state index contributed by atoms with van der Waals surface area (Å²) in [7, 11) is 0. The van der Waals surface area contributed by atoms with Crippen molar-refractivity contribution in [1.82, 2.24) is 10.2 Å². The summed E-state index contributed by atoms with van der Waals surface area (Å²) in [6.07, 6.45) is 0. The van der Waals surface area contributed by atoms with Crippen molar-refractivity contribution in [3.8, 4) is 11.3 Å². The highest BCUT2D eigenvalue weighted by Gasteiger charge is 2.12. The number of aromatic nitrogens is 2. The third kappa shape index (κ3) is 3.51. The van der Waals surface area contributed by atoms with Crippen LogP contribution < -0.4 is 5.32 Å². The molecule has 0 aliphatic carbocycles. The summed E-state index contributed by atoms with van der Waals surface area (Å²) in [5.74, 6) is -0.201. The molecule has 2 aromatic carbocycles. The van der Waals surface area contributed by atoms with Crippen molar-refractivity contribution in [3.05, 3.63) is 69.8 Å². The van der Waals surface area contributed by atoms with Crippen molar-refractivity contribution in [2.75, 3.05) is 5.32 Å². The molecule has 0 unspecified atom stereocenters. The molecule has 23 heavy (non-hydrogen) atoms. The van der Waals surface area contributed by atoms with Crippen LogP contribution in [-0.2, 0) is 0 Å². The van der Waals surface area contributed by atoms with E-state index < -0.39 is 0 Å². The third-order valence-corrected chi connectivity index (χ3v) is 4.12. The van der Waals surface area contributed by atoms with Crippen LogP contribution in [0.5, 0.6) is 0 Å². The van der Waals surface area contributed by atoms with Gasteiger partial charge in [0.15, 0.2) is 0 Å². The Hall–Kier alpha value is -2.40. The zero-order chi connectivity index (χ0) is 16.4. The molecule has 2 N–H and O–H groups in total. The van der Waals surface area contributed by atoms with E-state index in [1.54, 1.807) is 6.07 Å². The lowest BCUT2D eigenvalue weighted by Crippen LogP contribution is -2.13. The maximum absolute atomic E-state index is 12.4. The molecule has 0 saturated heterocycles. The van der Waals surface area contributed by atoms with Gasteiger partial charge in [-0.1, -0.05) is 45.8 Å². The van der Waals surface area contributed by atoms with E-state index in [2.05, 4.69) is 31.4 Å². The fourth-order valence-corrected chi connectivity index (χ4v) is 2.61. The highest BCUT2D eigenvalue weighted by molar-refractivity contribution is 9.10. The largest absolute Gasteiger partial charge is 0.320 e. The van der Waals surface area contributed by atoms with Crippen molar-refractivity contribution in [2.45, 2.75) is 13.8 Å². The Morgan fingerprint density at radius 2 is 1.83 bits per heavy atom. The average molecular weight is 370 g/mol. The maximum atomic E-state index is 12.4. The smallest absolute Gasteiger partial charge is 0.273 e. The number of aromatic amines is 1. The van der Waals surface area contributed by atoms with E-state index >= 15 is 0 Å². The number of nitrogens with zero attached hydrogens (tertiary/aromatic N) is 1. The SMILES string of the molecule is Cc1ccc(NC(=O)c2cc(-c3ccc(Br)cc3)n[nH]2)c(C)c1. The molecule has 1 amide bonds. The Kier molecular flexibility index (Phi) is 4.30. The van der Waals surface area contributed by atoms with Crippen LogP contribution in [0.2, 0.25) is 0 Å². The summed E-state index contributed by atoms with van der Waals surface area (Å²) in [6, 6.07) is 15.5. The number of anilines is 1. The van der Waals surface area contributed by atoms with Crippen LogP contribution in [0.4, 0.5) is 5.69 Å². The van der Waals surface area contributed by atoms with Gasteiger partial charge in [0, 0.05) is 15.7 Å². The third-order valence-electron chi connectivity index (χ3n) is 3.59. The van der Waals surface area contributed by atoms with Crippen LogP contribution in [0, 0.1) is 13.8 Å². The molecule has 0 aliphatic heterocycles. The lowest BCUT2D eigenvalue weighted by Gasteiger charge is -2.07. The van der Waals surface area contributed by atoms with Crippen LogP contribution in [0.3, 0.4) is 0 Å². The summed E-state index contributed by atoms with van der Waals surface area (Å²) in [5.41, 5.74) is 5.13. The van der Waals surface area contributed by atoms with Crippen LogP contribution >= 0.6 is 15.9 Å². The van der Waals surface area contributed by atoms with Crippen LogP contribution in [-0.4, -0.2) is 16.1 Å². The Bertz CT molecular complexity index is 853. The van der Waals surface area contributed by atoms with Gasteiger partial charge in [-0.2, -0.15) is 5.10 Å². The van der Waals surface area contributed by atoms with Gasteiger partial charge in [-0.05, 0) is 43.7 Å². The van der Waals surface area contributed by atoms with Gasteiger partial charge in [0.2, 0.25) is 0 Å². The minimum absolute atomic E-state index is 0.201. The molecule has 0 spiro atoms. The van der Waals surface area contributed by atoms with Gasteiger partial charge in [0.1, 0.15) is 5.69 Å². The number of halogens is 1. The molecule has 0 fully saturated rings. The van der Waals surface area contributed by atoms with Gasteiger partial charge >= 0.3 is 0 Å². The topological polar surface area (TPSA) is 57.8 Å². The predicted octanol–water partition coefficient (Wildman–Crippen LogP) is 4.71. The van der Waals surface area contributed by atoms with E-state index in [1.807, 2.05) is 56.3 Å². The number of nitrogens with one attached hydrogen (secondary N) is 2. The van der Waals surface area contributed by atoms with Gasteiger partial charge in [0.25, 0.3) is 5.91 Å². The van der Waals surface area contributed by atoms with Crippen LogP contribution in [0.25, 0.3) is 11.3 Å². The van der Waals surface area contributed by atoms with E-state index in [0.717, 1.165) is 27.0 Å². The number of hydrogen-bond acceptors (Lipinski definition) is 2. The normalized spacial score (nSPS) is 10.6. The Morgan fingerprint density at radius 1 is 1.09 bits per heavy atom. The molecule has 5 heteroatoms. The summed E-state index contributed by atoms with van der Waals surface area (Å²) in [6.45, 7) is 4.00. The first kappa shape index (κ1) is 15.5. The number of rotatable bonds is 3. The van der Waals surface area contributed by atoms with Crippen molar-refractivity contribution in [2.24, 2.45) is 0 Å². The van der Waals surface area contributed by atoms with Crippen molar-refractivity contribution >= 4 is 27.5 Å². The number of hydrogen-bond donors (Lipinski definition) is 2. The fraction of sp³-hybridized carbons (Fsp3) is 0.111. The second kappa shape index (κ2) is 6.38. The predicted molar refractivity (Wildman–Crippen MR) is 95.6 cm³/mol. The second-order valence-electron chi connectivity index (χ2n) is 5.45. The van der Waals surface area contributed by atoms with Crippen molar-refractivity contribution in [1.29, 1.82) is 0 Å². The van der Waals surface area contributed by atoms with Gasteiger partial charge in [-0.25, -0.2) is 0 Å². The first-order chi connectivity index (χ1) is 11.0. The number of aryl methyl sites for hydroxylation is 2. The molecular weight excluding hydrogens is 354 g/mol. The lowest BCUT2D eigenvalue weighted by molar-refractivity contribution is 0.102. The molecule has 0 aliphatic rings. The van der Waals surface area contributed by atoms with Crippen molar-refractivity contribution in [3.63, 3.8) is 0 Å². The number of carbonyl (C=O) groups is 1. The van der Waals surface area contributed by atoms with E-state index in [1.165, 1.54) is 5.56 Å². The molecular formula is C18H16BrN3O. The van der Waals surface area contributed by atoms with Crippen LogP contribution in [0.15, 0.2) is 53.0 Å². The molecule has 0 saturated carbocycles. The number of benzene rings is 2. The molecule has 3 rings (SSSR count). The zero-order valence-electron chi connectivity index (χ0n) is 12.9. The van der Waals surface area contributed by atoms with E-state index in [-0.39, 0.29) is 5.91 Å². The van der Waals surface area contributed by atoms with Crippen molar-refractivity contribution < 1.29 is 4.79 Å². The zero-order valence-corrected chi connectivity index (χ0v) is 14.4. The molecule has 0 radical (unpaired) electrons. The number of carbonyl (C=O) groups excluding carboxylic acids is 1. The highest BCUT2D eigenvalue weighted by atomic mass is 79.9. The Morgan fingerprint density at radius 3 is 2.52 bits per heavy atom. The average Bonchev–Trinajstić information content (AvgIpc) is 3.01. The molecule has 0 bridgehead atoms. The van der Waals surface area contributed by atoms with Gasteiger partial charge in [-0.3, -0.25) is 9.89 Å². The first-order valence-corrected chi connectivity index (χ1v) is 8.02. The van der Waals surface area contributed by atoms with Gasteiger partial charge < -0.3 is 5.32 Å².